The number of amides is 1. The molecule has 0 unspecified atom stereocenters. The van der Waals surface area contributed by atoms with E-state index in [1.54, 1.807) is 7.11 Å². The van der Waals surface area contributed by atoms with Crippen molar-refractivity contribution >= 4 is 5.91 Å². The van der Waals surface area contributed by atoms with E-state index < -0.39 is 0 Å². The minimum atomic E-state index is 0.0181. The predicted octanol–water partition coefficient (Wildman–Crippen LogP) is 3.14. The summed E-state index contributed by atoms with van der Waals surface area (Å²) in [6.45, 7) is 4.54. The summed E-state index contributed by atoms with van der Waals surface area (Å²) in [5.41, 5.74) is 2.25. The van der Waals surface area contributed by atoms with E-state index in [1.807, 2.05) is 54.5 Å². The Morgan fingerprint density at radius 1 is 1.25 bits per heavy atom. The van der Waals surface area contributed by atoms with Crippen molar-refractivity contribution in [3.63, 3.8) is 0 Å². The van der Waals surface area contributed by atoms with Gasteiger partial charge in [0.05, 0.1) is 12.8 Å². The summed E-state index contributed by atoms with van der Waals surface area (Å²) in [7, 11) is 1.64. The van der Waals surface area contributed by atoms with Crippen molar-refractivity contribution in [3.8, 4) is 17.0 Å². The first kappa shape index (κ1) is 18.3. The van der Waals surface area contributed by atoms with E-state index in [0.717, 1.165) is 55.3 Å². The third-order valence-corrected chi connectivity index (χ3v) is 5.47. The number of ether oxygens (including phenoxy) is 1. The average molecular weight is 379 g/mol. The number of rotatable bonds is 5. The molecule has 28 heavy (non-hydrogen) atoms. The largest absolute Gasteiger partial charge is 0.497 e. The summed E-state index contributed by atoms with van der Waals surface area (Å²) in [4.78, 5) is 19.0. The molecule has 0 aliphatic carbocycles. The Labute approximate surface area is 164 Å². The summed E-state index contributed by atoms with van der Waals surface area (Å²) in [6, 6.07) is 9.47. The van der Waals surface area contributed by atoms with Gasteiger partial charge in [0.25, 0.3) is 5.91 Å². The molecule has 0 atom stereocenters. The van der Waals surface area contributed by atoms with Gasteiger partial charge in [0, 0.05) is 37.6 Å². The Kier molecular flexibility index (Phi) is 5.14. The van der Waals surface area contributed by atoms with Gasteiger partial charge in [-0.2, -0.15) is 5.10 Å². The predicted molar refractivity (Wildman–Crippen MR) is 106 cm³/mol. The van der Waals surface area contributed by atoms with Gasteiger partial charge in [-0.1, -0.05) is 0 Å². The van der Waals surface area contributed by atoms with Crippen LogP contribution in [0.5, 0.6) is 5.75 Å². The van der Waals surface area contributed by atoms with Crippen molar-refractivity contribution < 1.29 is 9.53 Å². The first-order chi connectivity index (χ1) is 13.6. The third-order valence-electron chi connectivity index (χ3n) is 5.47. The summed E-state index contributed by atoms with van der Waals surface area (Å²) in [6.07, 6.45) is 5.87. The Balaban J connectivity index is 1.36. The van der Waals surface area contributed by atoms with Gasteiger partial charge in [0.15, 0.2) is 0 Å². The summed E-state index contributed by atoms with van der Waals surface area (Å²) in [5, 5.41) is 7.21. The SMILES string of the molecule is COc1ccc(-c2cc(C(=O)N3CCC(Cn4ccnc4C)CC3)[nH]n2)cc1. The van der Waals surface area contributed by atoms with Crippen LogP contribution in [0.4, 0.5) is 0 Å². The number of imidazole rings is 1. The Bertz CT molecular complexity index is 936. The molecule has 0 radical (unpaired) electrons. The fourth-order valence-corrected chi connectivity index (χ4v) is 3.70. The molecule has 1 aliphatic heterocycles. The van der Waals surface area contributed by atoms with E-state index in [4.69, 9.17) is 4.74 Å². The number of piperidine rings is 1. The highest BCUT2D eigenvalue weighted by atomic mass is 16.5. The van der Waals surface area contributed by atoms with Gasteiger partial charge in [-0.3, -0.25) is 9.89 Å². The molecule has 0 spiro atoms. The molecule has 146 valence electrons. The number of nitrogens with one attached hydrogen (secondary N) is 1. The maximum Gasteiger partial charge on any atom is 0.271 e. The van der Waals surface area contributed by atoms with E-state index in [-0.39, 0.29) is 5.91 Å². The topological polar surface area (TPSA) is 76.0 Å². The van der Waals surface area contributed by atoms with Crippen molar-refractivity contribution in [1.82, 2.24) is 24.6 Å². The number of carbonyl (C=O) groups is 1. The molecular formula is C21H25N5O2. The number of likely N-dealkylation sites (tertiary alicyclic amines) is 1. The number of aromatic nitrogens is 4. The molecule has 2 aromatic heterocycles. The molecule has 1 aromatic carbocycles. The van der Waals surface area contributed by atoms with Crippen LogP contribution in [0.2, 0.25) is 0 Å². The van der Waals surface area contributed by atoms with Crippen molar-refractivity contribution in [3.05, 3.63) is 54.2 Å². The third kappa shape index (κ3) is 3.78. The zero-order valence-electron chi connectivity index (χ0n) is 16.3. The monoisotopic (exact) mass is 379 g/mol. The van der Waals surface area contributed by atoms with Crippen LogP contribution in [0.1, 0.15) is 29.2 Å². The van der Waals surface area contributed by atoms with Crippen molar-refractivity contribution in [1.29, 1.82) is 0 Å². The van der Waals surface area contributed by atoms with Gasteiger partial charge in [-0.05, 0) is 56.0 Å². The minimum Gasteiger partial charge on any atom is -0.497 e. The lowest BCUT2D eigenvalue weighted by Crippen LogP contribution is -2.39. The second-order valence-electron chi connectivity index (χ2n) is 7.26. The van der Waals surface area contributed by atoms with Crippen molar-refractivity contribution in [2.24, 2.45) is 5.92 Å². The highest BCUT2D eigenvalue weighted by Crippen LogP contribution is 2.24. The lowest BCUT2D eigenvalue weighted by Gasteiger charge is -2.32. The van der Waals surface area contributed by atoms with Crippen LogP contribution in [0.15, 0.2) is 42.7 Å². The summed E-state index contributed by atoms with van der Waals surface area (Å²) in [5.74, 6) is 2.43. The molecule has 1 aliphatic rings. The molecular weight excluding hydrogens is 354 g/mol. The molecule has 7 heteroatoms. The molecule has 1 saturated heterocycles. The van der Waals surface area contributed by atoms with Crippen LogP contribution in [0, 0.1) is 12.8 Å². The molecule has 3 aromatic rings. The number of nitrogens with zero attached hydrogens (tertiary/aromatic N) is 4. The Morgan fingerprint density at radius 2 is 2.00 bits per heavy atom. The average Bonchev–Trinajstić information content (AvgIpc) is 3.38. The zero-order chi connectivity index (χ0) is 19.5. The highest BCUT2D eigenvalue weighted by molar-refractivity contribution is 5.93. The smallest absolute Gasteiger partial charge is 0.271 e. The highest BCUT2D eigenvalue weighted by Gasteiger charge is 2.25. The summed E-state index contributed by atoms with van der Waals surface area (Å²) >= 11 is 0. The van der Waals surface area contributed by atoms with E-state index in [0.29, 0.717) is 11.6 Å². The fourth-order valence-electron chi connectivity index (χ4n) is 3.70. The van der Waals surface area contributed by atoms with E-state index in [1.165, 1.54) is 0 Å². The first-order valence-electron chi connectivity index (χ1n) is 9.61. The van der Waals surface area contributed by atoms with Gasteiger partial charge in [0.2, 0.25) is 0 Å². The Hall–Kier alpha value is -3.09. The number of hydrogen-bond acceptors (Lipinski definition) is 4. The van der Waals surface area contributed by atoms with E-state index in [2.05, 4.69) is 19.7 Å². The van der Waals surface area contributed by atoms with Crippen molar-refractivity contribution in [2.45, 2.75) is 26.3 Å². The number of H-pyrrole nitrogens is 1. The minimum absolute atomic E-state index is 0.0181. The maximum absolute atomic E-state index is 12.8. The number of carbonyl (C=O) groups excluding carboxylic acids is 1. The number of hydrogen-bond donors (Lipinski definition) is 1. The van der Waals surface area contributed by atoms with Crippen LogP contribution in [0.25, 0.3) is 11.3 Å². The van der Waals surface area contributed by atoms with Gasteiger partial charge in [-0.15, -0.1) is 0 Å². The molecule has 4 rings (SSSR count). The first-order valence-corrected chi connectivity index (χ1v) is 9.61. The fraction of sp³-hybridized carbons (Fsp3) is 0.381. The van der Waals surface area contributed by atoms with Gasteiger partial charge >= 0.3 is 0 Å². The molecule has 1 fully saturated rings. The number of aryl methyl sites for hydroxylation is 1. The number of aromatic amines is 1. The van der Waals surface area contributed by atoms with Gasteiger partial charge in [-0.25, -0.2) is 4.98 Å². The number of benzene rings is 1. The molecule has 1 N–H and O–H groups in total. The normalized spacial score (nSPS) is 15.0. The maximum atomic E-state index is 12.8. The van der Waals surface area contributed by atoms with Crippen LogP contribution in [-0.4, -0.2) is 50.8 Å². The van der Waals surface area contributed by atoms with Gasteiger partial charge < -0.3 is 14.2 Å². The van der Waals surface area contributed by atoms with E-state index in [9.17, 15) is 4.79 Å². The second kappa shape index (κ2) is 7.88. The van der Waals surface area contributed by atoms with Crippen LogP contribution in [0.3, 0.4) is 0 Å². The lowest BCUT2D eigenvalue weighted by molar-refractivity contribution is 0.0676. The van der Waals surface area contributed by atoms with Crippen LogP contribution < -0.4 is 4.74 Å². The standard InChI is InChI=1S/C21H25N5O2/c1-15-22-9-12-26(15)14-16-7-10-25(11-8-16)21(27)20-13-19(23-24-20)17-3-5-18(28-2)6-4-17/h3-6,9,12-13,16H,7-8,10-11,14H2,1-2H3,(H,23,24). The molecule has 0 bridgehead atoms. The quantitative estimate of drug-likeness (QED) is 0.739. The lowest BCUT2D eigenvalue weighted by atomic mass is 9.96. The molecule has 7 nitrogen and oxygen atoms in total. The van der Waals surface area contributed by atoms with E-state index >= 15 is 0 Å². The van der Waals surface area contributed by atoms with Gasteiger partial charge in [0.1, 0.15) is 17.3 Å². The molecule has 1 amide bonds. The van der Waals surface area contributed by atoms with Crippen LogP contribution in [-0.2, 0) is 6.54 Å². The van der Waals surface area contributed by atoms with Crippen molar-refractivity contribution in [2.75, 3.05) is 20.2 Å². The molecule has 0 saturated carbocycles. The summed E-state index contributed by atoms with van der Waals surface area (Å²) < 4.78 is 7.37. The molecule has 3 heterocycles. The Morgan fingerprint density at radius 3 is 2.64 bits per heavy atom. The zero-order valence-corrected chi connectivity index (χ0v) is 16.3. The number of methoxy groups -OCH3 is 1. The second-order valence-corrected chi connectivity index (χ2v) is 7.26. The van der Waals surface area contributed by atoms with Crippen LogP contribution >= 0.6 is 0 Å².